The Bertz CT molecular complexity index is 1040. The van der Waals surface area contributed by atoms with Crippen LogP contribution in [0.1, 0.15) is 47.2 Å². The fourth-order valence-corrected chi connectivity index (χ4v) is 6.02. The van der Waals surface area contributed by atoms with Gasteiger partial charge in [0.05, 0.1) is 4.90 Å². The first-order chi connectivity index (χ1) is 14.8. The van der Waals surface area contributed by atoms with E-state index in [0.717, 1.165) is 31.7 Å². The van der Waals surface area contributed by atoms with Crippen LogP contribution in [0.3, 0.4) is 0 Å². The molecule has 2 aromatic rings. The molecule has 0 aromatic heterocycles. The molecule has 1 aliphatic carbocycles. The maximum absolute atomic E-state index is 12.9. The van der Waals surface area contributed by atoms with E-state index in [9.17, 15) is 13.2 Å². The van der Waals surface area contributed by atoms with Crippen molar-refractivity contribution < 1.29 is 13.2 Å². The summed E-state index contributed by atoms with van der Waals surface area (Å²) in [6, 6.07) is 12.8. The Morgan fingerprint density at radius 3 is 2.23 bits per heavy atom. The van der Waals surface area contributed by atoms with Crippen molar-refractivity contribution in [1.29, 1.82) is 0 Å². The molecule has 2 fully saturated rings. The van der Waals surface area contributed by atoms with E-state index in [4.69, 9.17) is 0 Å². The molecule has 31 heavy (non-hydrogen) atoms. The van der Waals surface area contributed by atoms with Crippen LogP contribution in [0.15, 0.2) is 47.4 Å². The second-order valence-corrected chi connectivity index (χ2v) is 10.4. The van der Waals surface area contributed by atoms with E-state index in [2.05, 4.69) is 9.62 Å². The Morgan fingerprint density at radius 1 is 0.935 bits per heavy atom. The maximum atomic E-state index is 12.9. The number of hydrogen-bond acceptors (Lipinski definition) is 4. The van der Waals surface area contributed by atoms with Crippen molar-refractivity contribution in [2.75, 3.05) is 30.9 Å². The van der Waals surface area contributed by atoms with Gasteiger partial charge in [-0.05, 0) is 68.1 Å². The molecule has 1 saturated heterocycles. The van der Waals surface area contributed by atoms with Crippen molar-refractivity contribution in [3.05, 3.63) is 59.2 Å². The van der Waals surface area contributed by atoms with E-state index in [-0.39, 0.29) is 10.8 Å². The van der Waals surface area contributed by atoms with Crippen molar-refractivity contribution in [3.63, 3.8) is 0 Å². The van der Waals surface area contributed by atoms with Crippen LogP contribution in [0.25, 0.3) is 0 Å². The number of aryl methyl sites for hydroxylation is 2. The monoisotopic (exact) mass is 441 g/mol. The summed E-state index contributed by atoms with van der Waals surface area (Å²) >= 11 is 0. The molecule has 0 spiro atoms. The molecule has 1 N–H and O–H groups in total. The van der Waals surface area contributed by atoms with Crippen LogP contribution < -0.4 is 4.72 Å². The second-order valence-electron chi connectivity index (χ2n) is 8.72. The molecule has 0 unspecified atom stereocenters. The molecule has 4 rings (SSSR count). The number of carbonyl (C=O) groups excluding carboxylic acids is 1. The van der Waals surface area contributed by atoms with Gasteiger partial charge in [-0.1, -0.05) is 25.0 Å². The highest BCUT2D eigenvalue weighted by Crippen LogP contribution is 2.25. The van der Waals surface area contributed by atoms with Gasteiger partial charge < -0.3 is 4.90 Å². The summed E-state index contributed by atoms with van der Waals surface area (Å²) in [4.78, 5) is 17.6. The van der Waals surface area contributed by atoms with Crippen molar-refractivity contribution in [1.82, 2.24) is 9.80 Å². The maximum Gasteiger partial charge on any atom is 0.262 e. The van der Waals surface area contributed by atoms with E-state index in [1.54, 1.807) is 43.3 Å². The SMILES string of the molecule is Cc1ccc(C)c(S(=O)(=O)Nc2ccc(C(=O)N3CCN(C4CCCC4)CC3)cc2)c1. The average Bonchev–Trinajstić information content (AvgIpc) is 3.30. The van der Waals surface area contributed by atoms with Crippen LogP contribution in [0.5, 0.6) is 0 Å². The third-order valence-corrected chi connectivity index (χ3v) is 7.98. The molecule has 166 valence electrons. The number of benzene rings is 2. The molecule has 7 heteroatoms. The molecule has 1 saturated carbocycles. The molecule has 0 atom stereocenters. The topological polar surface area (TPSA) is 69.7 Å². The summed E-state index contributed by atoms with van der Waals surface area (Å²) in [5.74, 6) is 0.00927. The fraction of sp³-hybridized carbons (Fsp3) is 0.458. The van der Waals surface area contributed by atoms with E-state index >= 15 is 0 Å². The van der Waals surface area contributed by atoms with Gasteiger partial charge in [-0.15, -0.1) is 0 Å². The first kappa shape index (κ1) is 21.8. The molecule has 1 amide bonds. The lowest BCUT2D eigenvalue weighted by molar-refractivity contribution is 0.0573. The van der Waals surface area contributed by atoms with Gasteiger partial charge in [0.25, 0.3) is 15.9 Å². The number of sulfonamides is 1. The molecule has 2 aromatic carbocycles. The number of nitrogens with zero attached hydrogens (tertiary/aromatic N) is 2. The van der Waals surface area contributed by atoms with Gasteiger partial charge in [-0.2, -0.15) is 0 Å². The average molecular weight is 442 g/mol. The number of piperazine rings is 1. The second kappa shape index (κ2) is 9.01. The largest absolute Gasteiger partial charge is 0.336 e. The van der Waals surface area contributed by atoms with Crippen LogP contribution in [-0.2, 0) is 10.0 Å². The van der Waals surface area contributed by atoms with Gasteiger partial charge in [0.2, 0.25) is 0 Å². The van der Waals surface area contributed by atoms with Gasteiger partial charge in [0.15, 0.2) is 0 Å². The minimum Gasteiger partial charge on any atom is -0.336 e. The Labute approximate surface area is 185 Å². The summed E-state index contributed by atoms with van der Waals surface area (Å²) in [5, 5.41) is 0. The molecule has 1 heterocycles. The minimum absolute atomic E-state index is 0.00927. The predicted molar refractivity (Wildman–Crippen MR) is 123 cm³/mol. The standard InChI is InChI=1S/C24H31N3O3S/c1-18-7-8-19(2)23(17-18)31(29,30)25-21-11-9-20(10-12-21)24(28)27-15-13-26(14-16-27)22-5-3-4-6-22/h7-12,17,22,25H,3-6,13-16H2,1-2H3. The van der Waals surface area contributed by atoms with Crippen LogP contribution in [0.4, 0.5) is 5.69 Å². The first-order valence-electron chi connectivity index (χ1n) is 11.1. The lowest BCUT2D eigenvalue weighted by Gasteiger charge is -2.38. The Kier molecular flexibility index (Phi) is 6.34. The molecule has 0 radical (unpaired) electrons. The molecule has 1 aliphatic heterocycles. The highest BCUT2D eigenvalue weighted by Gasteiger charge is 2.28. The zero-order chi connectivity index (χ0) is 22.0. The van der Waals surface area contributed by atoms with Gasteiger partial charge in [-0.25, -0.2) is 8.42 Å². The molecule has 6 nitrogen and oxygen atoms in total. The number of anilines is 1. The number of carbonyl (C=O) groups is 1. The third kappa shape index (κ3) is 4.93. The number of amides is 1. The van der Waals surface area contributed by atoms with Gasteiger partial charge in [-0.3, -0.25) is 14.4 Å². The molecule has 0 bridgehead atoms. The summed E-state index contributed by atoms with van der Waals surface area (Å²) in [6.07, 6.45) is 5.22. The van der Waals surface area contributed by atoms with Crippen LogP contribution in [0, 0.1) is 13.8 Å². The lowest BCUT2D eigenvalue weighted by atomic mass is 10.1. The van der Waals surface area contributed by atoms with Crippen LogP contribution in [-0.4, -0.2) is 56.3 Å². The normalized spacial score (nSPS) is 18.3. The van der Waals surface area contributed by atoms with Gasteiger partial charge in [0.1, 0.15) is 0 Å². The molecule has 2 aliphatic rings. The van der Waals surface area contributed by atoms with Crippen LogP contribution >= 0.6 is 0 Å². The Morgan fingerprint density at radius 2 is 1.58 bits per heavy atom. The summed E-state index contributed by atoms with van der Waals surface area (Å²) in [6.45, 7) is 7.01. The predicted octanol–water partition coefficient (Wildman–Crippen LogP) is 3.80. The summed E-state index contributed by atoms with van der Waals surface area (Å²) in [5.41, 5.74) is 2.62. The fourth-order valence-electron chi connectivity index (χ4n) is 4.63. The zero-order valence-electron chi connectivity index (χ0n) is 18.3. The van der Waals surface area contributed by atoms with E-state index < -0.39 is 10.0 Å². The number of hydrogen-bond donors (Lipinski definition) is 1. The number of rotatable bonds is 5. The Balaban J connectivity index is 1.39. The van der Waals surface area contributed by atoms with E-state index in [1.807, 2.05) is 17.9 Å². The third-order valence-electron chi connectivity index (χ3n) is 6.46. The zero-order valence-corrected chi connectivity index (χ0v) is 19.1. The Hall–Kier alpha value is -2.38. The van der Waals surface area contributed by atoms with Crippen LogP contribution in [0.2, 0.25) is 0 Å². The van der Waals surface area contributed by atoms with Crippen molar-refractivity contribution in [2.24, 2.45) is 0 Å². The first-order valence-corrected chi connectivity index (χ1v) is 12.6. The lowest BCUT2D eigenvalue weighted by Crippen LogP contribution is -2.51. The van der Waals surface area contributed by atoms with E-state index in [0.29, 0.717) is 22.9 Å². The molecular weight excluding hydrogens is 410 g/mol. The van der Waals surface area contributed by atoms with Gasteiger partial charge in [0, 0.05) is 43.5 Å². The van der Waals surface area contributed by atoms with Gasteiger partial charge >= 0.3 is 0 Å². The smallest absolute Gasteiger partial charge is 0.262 e. The quantitative estimate of drug-likeness (QED) is 0.766. The van der Waals surface area contributed by atoms with Crippen molar-refractivity contribution in [3.8, 4) is 0 Å². The highest BCUT2D eigenvalue weighted by atomic mass is 32.2. The van der Waals surface area contributed by atoms with Crippen molar-refractivity contribution >= 4 is 21.6 Å². The summed E-state index contributed by atoms with van der Waals surface area (Å²) < 4.78 is 28.2. The minimum atomic E-state index is -3.69. The van der Waals surface area contributed by atoms with Crippen molar-refractivity contribution in [2.45, 2.75) is 50.5 Å². The summed E-state index contributed by atoms with van der Waals surface area (Å²) in [7, 11) is -3.69. The highest BCUT2D eigenvalue weighted by molar-refractivity contribution is 7.92. The molecular formula is C24H31N3O3S. The van der Waals surface area contributed by atoms with E-state index in [1.165, 1.54) is 25.7 Å². The number of nitrogens with one attached hydrogen (secondary N) is 1.